The van der Waals surface area contributed by atoms with Gasteiger partial charge in [-0.2, -0.15) is 25.3 Å². The molecule has 6 unspecified atom stereocenters. The molecule has 4 aliphatic carbocycles. The second-order valence-electron chi connectivity index (χ2n) is 6.16. The van der Waals surface area contributed by atoms with Crippen LogP contribution in [0.15, 0.2) is 0 Å². The van der Waals surface area contributed by atoms with E-state index < -0.39 is 0 Å². The minimum absolute atomic E-state index is 0.311. The lowest BCUT2D eigenvalue weighted by Crippen LogP contribution is -2.51. The summed E-state index contributed by atoms with van der Waals surface area (Å²) in [5.74, 6) is 3.86. The van der Waals surface area contributed by atoms with Gasteiger partial charge in [-0.05, 0) is 62.2 Å². The third-order valence-electron chi connectivity index (χ3n) is 5.89. The van der Waals surface area contributed by atoms with E-state index in [1.807, 2.05) is 0 Å². The Hall–Kier alpha value is 0.700. The van der Waals surface area contributed by atoms with Gasteiger partial charge in [-0.15, -0.1) is 0 Å². The molecule has 0 nitrogen and oxygen atoms in total. The number of rotatable bonds is 0. The van der Waals surface area contributed by atoms with Crippen molar-refractivity contribution in [2.45, 2.75) is 48.0 Å². The zero-order valence-corrected chi connectivity index (χ0v) is 10.2. The molecule has 0 saturated heterocycles. The van der Waals surface area contributed by atoms with Crippen LogP contribution in [-0.2, 0) is 0 Å². The van der Waals surface area contributed by atoms with Gasteiger partial charge in [0.2, 0.25) is 0 Å². The van der Waals surface area contributed by atoms with Crippen LogP contribution >= 0.6 is 25.3 Å². The standard InChI is InChI=1S/C12H18S2/c13-11-4-3-8(6-11)10-7-1-2-9(5-7)12(10,11)14/h7-10,13-14H,1-6H2. The van der Waals surface area contributed by atoms with Crippen LogP contribution in [0.1, 0.15) is 38.5 Å². The van der Waals surface area contributed by atoms with Crippen molar-refractivity contribution in [3.63, 3.8) is 0 Å². The Bertz CT molecular complexity index is 303. The number of hydrogen-bond acceptors (Lipinski definition) is 2. The Morgan fingerprint density at radius 3 is 2.64 bits per heavy atom. The average molecular weight is 226 g/mol. The molecular formula is C12H18S2. The van der Waals surface area contributed by atoms with Crippen LogP contribution in [0.25, 0.3) is 0 Å². The molecule has 4 saturated carbocycles. The Labute approximate surface area is 97.0 Å². The second-order valence-corrected chi connectivity index (χ2v) is 7.75. The number of fused-ring (bicyclic) bond motifs is 9. The molecule has 0 aromatic carbocycles. The molecule has 0 spiro atoms. The maximum Gasteiger partial charge on any atom is 0.0335 e. The summed E-state index contributed by atoms with van der Waals surface area (Å²) in [5.41, 5.74) is 0. The molecule has 6 atom stereocenters. The SMILES string of the molecule is SC12CCC(C1)C1C3CCC(C3)C12S. The minimum Gasteiger partial charge on any atom is -0.171 e. The monoisotopic (exact) mass is 226 g/mol. The summed E-state index contributed by atoms with van der Waals surface area (Å²) >= 11 is 10.2. The molecule has 2 heteroatoms. The van der Waals surface area contributed by atoms with Crippen molar-refractivity contribution in [3.05, 3.63) is 0 Å². The maximum atomic E-state index is 5.16. The van der Waals surface area contributed by atoms with E-state index in [1.165, 1.54) is 38.5 Å². The van der Waals surface area contributed by atoms with Crippen LogP contribution in [0.5, 0.6) is 0 Å². The summed E-state index contributed by atoms with van der Waals surface area (Å²) in [6, 6.07) is 0. The van der Waals surface area contributed by atoms with E-state index in [2.05, 4.69) is 0 Å². The fraction of sp³-hybridized carbons (Fsp3) is 1.00. The van der Waals surface area contributed by atoms with Crippen molar-refractivity contribution in [1.82, 2.24) is 0 Å². The van der Waals surface area contributed by atoms with Gasteiger partial charge in [0.25, 0.3) is 0 Å². The Morgan fingerprint density at radius 2 is 1.86 bits per heavy atom. The van der Waals surface area contributed by atoms with Gasteiger partial charge in [0.15, 0.2) is 0 Å². The normalized spacial score (nSPS) is 69.0. The summed E-state index contributed by atoms with van der Waals surface area (Å²) in [5, 5.41) is 0. The zero-order chi connectivity index (χ0) is 9.55. The zero-order valence-electron chi connectivity index (χ0n) is 8.45. The summed E-state index contributed by atoms with van der Waals surface area (Å²) < 4.78 is 0.646. The van der Waals surface area contributed by atoms with Crippen LogP contribution in [0.3, 0.4) is 0 Å². The molecule has 0 amide bonds. The molecule has 0 heterocycles. The summed E-state index contributed by atoms with van der Waals surface area (Å²) in [4.78, 5) is 0. The molecule has 14 heavy (non-hydrogen) atoms. The van der Waals surface area contributed by atoms with Crippen molar-refractivity contribution in [2.75, 3.05) is 0 Å². The first-order chi connectivity index (χ1) is 6.65. The van der Waals surface area contributed by atoms with Crippen LogP contribution in [0.4, 0.5) is 0 Å². The average Bonchev–Trinajstić information content (AvgIpc) is 2.79. The van der Waals surface area contributed by atoms with Gasteiger partial charge in [0.05, 0.1) is 0 Å². The minimum atomic E-state index is 0.311. The predicted octanol–water partition coefficient (Wildman–Crippen LogP) is 3.18. The highest BCUT2D eigenvalue weighted by atomic mass is 32.1. The van der Waals surface area contributed by atoms with Crippen LogP contribution in [0, 0.1) is 23.7 Å². The first-order valence-electron chi connectivity index (χ1n) is 6.10. The van der Waals surface area contributed by atoms with Gasteiger partial charge >= 0.3 is 0 Å². The predicted molar refractivity (Wildman–Crippen MR) is 65.1 cm³/mol. The Morgan fingerprint density at radius 1 is 1.00 bits per heavy atom. The van der Waals surface area contributed by atoms with Crippen molar-refractivity contribution in [1.29, 1.82) is 0 Å². The van der Waals surface area contributed by atoms with Crippen molar-refractivity contribution < 1.29 is 0 Å². The van der Waals surface area contributed by atoms with Crippen LogP contribution in [0.2, 0.25) is 0 Å². The lowest BCUT2D eigenvalue weighted by atomic mass is 9.70. The molecule has 4 bridgehead atoms. The third kappa shape index (κ3) is 0.704. The summed E-state index contributed by atoms with van der Waals surface area (Å²) in [6.45, 7) is 0. The number of hydrogen-bond donors (Lipinski definition) is 2. The smallest absolute Gasteiger partial charge is 0.0335 e. The Kier molecular flexibility index (Phi) is 1.47. The highest BCUT2D eigenvalue weighted by Crippen LogP contribution is 2.75. The van der Waals surface area contributed by atoms with Gasteiger partial charge in [-0.25, -0.2) is 0 Å². The topological polar surface area (TPSA) is 0 Å². The summed E-state index contributed by atoms with van der Waals surface area (Å²) in [6.07, 6.45) is 8.58. The molecule has 0 N–H and O–H groups in total. The largest absolute Gasteiger partial charge is 0.171 e. The van der Waals surface area contributed by atoms with E-state index in [0.29, 0.717) is 9.49 Å². The molecule has 0 aromatic rings. The van der Waals surface area contributed by atoms with E-state index >= 15 is 0 Å². The lowest BCUT2D eigenvalue weighted by Gasteiger charge is -2.48. The molecule has 0 radical (unpaired) electrons. The second kappa shape index (κ2) is 2.34. The molecule has 4 fully saturated rings. The van der Waals surface area contributed by atoms with Gasteiger partial charge in [-0.1, -0.05) is 0 Å². The maximum absolute atomic E-state index is 5.16. The van der Waals surface area contributed by atoms with Crippen molar-refractivity contribution in [2.24, 2.45) is 23.7 Å². The fourth-order valence-corrected chi connectivity index (χ4v) is 7.10. The van der Waals surface area contributed by atoms with Crippen molar-refractivity contribution >= 4 is 25.3 Å². The molecule has 4 aliphatic rings. The first kappa shape index (κ1) is 8.81. The molecule has 0 aromatic heterocycles. The highest BCUT2D eigenvalue weighted by molar-refractivity contribution is 7.86. The van der Waals surface area contributed by atoms with E-state index in [9.17, 15) is 0 Å². The lowest BCUT2D eigenvalue weighted by molar-refractivity contribution is 0.190. The third-order valence-corrected chi connectivity index (χ3v) is 7.94. The van der Waals surface area contributed by atoms with Crippen LogP contribution < -0.4 is 0 Å². The van der Waals surface area contributed by atoms with Crippen molar-refractivity contribution in [3.8, 4) is 0 Å². The Balaban J connectivity index is 1.88. The van der Waals surface area contributed by atoms with E-state index in [-0.39, 0.29) is 0 Å². The van der Waals surface area contributed by atoms with Gasteiger partial charge in [0.1, 0.15) is 0 Å². The van der Waals surface area contributed by atoms with E-state index in [4.69, 9.17) is 25.3 Å². The molecule has 0 aliphatic heterocycles. The first-order valence-corrected chi connectivity index (χ1v) is 6.99. The van der Waals surface area contributed by atoms with Gasteiger partial charge < -0.3 is 0 Å². The van der Waals surface area contributed by atoms with Gasteiger partial charge in [-0.3, -0.25) is 0 Å². The fourth-order valence-electron chi connectivity index (χ4n) is 5.54. The number of thiol groups is 2. The van der Waals surface area contributed by atoms with E-state index in [0.717, 1.165) is 23.7 Å². The molecule has 4 rings (SSSR count). The quantitative estimate of drug-likeness (QED) is 0.460. The van der Waals surface area contributed by atoms with E-state index in [1.54, 1.807) is 0 Å². The summed E-state index contributed by atoms with van der Waals surface area (Å²) in [7, 11) is 0. The van der Waals surface area contributed by atoms with Crippen LogP contribution in [-0.4, -0.2) is 9.49 Å². The van der Waals surface area contributed by atoms with Gasteiger partial charge in [0, 0.05) is 9.49 Å². The highest BCUT2D eigenvalue weighted by Gasteiger charge is 2.72. The molecule has 78 valence electrons. The molecular weight excluding hydrogens is 208 g/mol.